The number of methoxy groups -OCH3 is 1. The molecule has 0 aliphatic heterocycles. The molecular formula is C31H60O5. The summed E-state index contributed by atoms with van der Waals surface area (Å²) in [7, 11) is 1.72. The highest BCUT2D eigenvalue weighted by Gasteiger charge is 2.12. The molecule has 36 heavy (non-hydrogen) atoms. The molecule has 0 radical (unpaired) electrons. The quantitative estimate of drug-likeness (QED) is 0.0773. The molecule has 0 saturated carbocycles. The highest BCUT2D eigenvalue weighted by molar-refractivity contribution is 5.77. The fourth-order valence-electron chi connectivity index (χ4n) is 4.56. The standard InChI is InChI=1S/C31H60O5/c1-4-6-8-9-10-11-12-13-14-15-16-17-18-19-20-26-35-30(32)22-23-31(33)36-28-25-29(21-7-5-2)24-27-34-3/h29H,4-28H2,1-3H3. The van der Waals surface area contributed by atoms with Crippen molar-refractivity contribution in [1.29, 1.82) is 0 Å². The van der Waals surface area contributed by atoms with Crippen molar-refractivity contribution in [2.45, 2.75) is 155 Å². The Morgan fingerprint density at radius 2 is 0.917 bits per heavy atom. The molecule has 0 N–H and O–H groups in total. The lowest BCUT2D eigenvalue weighted by Gasteiger charge is -2.16. The van der Waals surface area contributed by atoms with Crippen LogP contribution in [0.15, 0.2) is 0 Å². The zero-order chi connectivity index (χ0) is 26.5. The molecular weight excluding hydrogens is 452 g/mol. The minimum absolute atomic E-state index is 0.107. The topological polar surface area (TPSA) is 61.8 Å². The summed E-state index contributed by atoms with van der Waals surface area (Å²) in [5.41, 5.74) is 0. The average Bonchev–Trinajstić information content (AvgIpc) is 2.88. The molecule has 1 unspecified atom stereocenters. The largest absolute Gasteiger partial charge is 0.466 e. The summed E-state index contributed by atoms with van der Waals surface area (Å²) in [5, 5.41) is 0. The summed E-state index contributed by atoms with van der Waals surface area (Å²) in [5.74, 6) is -0.0734. The predicted octanol–water partition coefficient (Wildman–Crippen LogP) is 8.96. The van der Waals surface area contributed by atoms with Gasteiger partial charge in [-0.1, -0.05) is 123 Å². The molecule has 0 fully saturated rings. The van der Waals surface area contributed by atoms with E-state index in [2.05, 4.69) is 13.8 Å². The van der Waals surface area contributed by atoms with Gasteiger partial charge in [-0.05, 0) is 25.2 Å². The van der Waals surface area contributed by atoms with E-state index in [0.29, 0.717) is 19.1 Å². The molecule has 5 heteroatoms. The molecule has 214 valence electrons. The van der Waals surface area contributed by atoms with Crippen LogP contribution < -0.4 is 0 Å². The number of hydrogen-bond donors (Lipinski definition) is 0. The SMILES string of the molecule is CCCCCCCCCCCCCCCCCOC(=O)CCC(=O)OCCC(CCCC)CCOC. The third-order valence-corrected chi connectivity index (χ3v) is 7.03. The van der Waals surface area contributed by atoms with Gasteiger partial charge < -0.3 is 14.2 Å². The number of unbranched alkanes of at least 4 members (excludes halogenated alkanes) is 15. The van der Waals surface area contributed by atoms with Crippen molar-refractivity contribution in [1.82, 2.24) is 0 Å². The lowest BCUT2D eigenvalue weighted by Crippen LogP contribution is -2.14. The van der Waals surface area contributed by atoms with E-state index in [1.807, 2.05) is 0 Å². The highest BCUT2D eigenvalue weighted by atomic mass is 16.5. The van der Waals surface area contributed by atoms with E-state index >= 15 is 0 Å². The second-order valence-electron chi connectivity index (χ2n) is 10.5. The molecule has 0 aromatic rings. The van der Waals surface area contributed by atoms with Gasteiger partial charge in [0.05, 0.1) is 26.1 Å². The number of hydrogen-bond acceptors (Lipinski definition) is 5. The highest BCUT2D eigenvalue weighted by Crippen LogP contribution is 2.17. The first kappa shape index (κ1) is 34.9. The van der Waals surface area contributed by atoms with Crippen LogP contribution in [0.4, 0.5) is 0 Å². The Morgan fingerprint density at radius 3 is 1.39 bits per heavy atom. The van der Waals surface area contributed by atoms with Gasteiger partial charge in [-0.25, -0.2) is 0 Å². The van der Waals surface area contributed by atoms with Gasteiger partial charge in [-0.15, -0.1) is 0 Å². The maximum Gasteiger partial charge on any atom is 0.306 e. The Labute approximate surface area is 223 Å². The first-order chi connectivity index (χ1) is 17.6. The van der Waals surface area contributed by atoms with Crippen molar-refractivity contribution in [3.8, 4) is 0 Å². The Bertz CT molecular complexity index is 472. The van der Waals surface area contributed by atoms with E-state index in [1.54, 1.807) is 7.11 Å². The fourth-order valence-corrected chi connectivity index (χ4v) is 4.56. The van der Waals surface area contributed by atoms with Gasteiger partial charge in [0.1, 0.15) is 0 Å². The van der Waals surface area contributed by atoms with Gasteiger partial charge in [0.15, 0.2) is 0 Å². The Hall–Kier alpha value is -1.10. The molecule has 0 aromatic heterocycles. The van der Waals surface area contributed by atoms with Crippen LogP contribution in [0.3, 0.4) is 0 Å². The average molecular weight is 513 g/mol. The van der Waals surface area contributed by atoms with E-state index in [4.69, 9.17) is 14.2 Å². The minimum Gasteiger partial charge on any atom is -0.466 e. The van der Waals surface area contributed by atoms with Crippen LogP contribution in [0.2, 0.25) is 0 Å². The number of ether oxygens (including phenoxy) is 3. The lowest BCUT2D eigenvalue weighted by molar-refractivity contribution is -0.150. The molecule has 0 aromatic carbocycles. The van der Waals surface area contributed by atoms with Crippen LogP contribution in [0, 0.1) is 5.92 Å². The van der Waals surface area contributed by atoms with Gasteiger partial charge in [0.2, 0.25) is 0 Å². The van der Waals surface area contributed by atoms with Crippen LogP contribution >= 0.6 is 0 Å². The summed E-state index contributed by atoms with van der Waals surface area (Å²) in [6, 6.07) is 0. The van der Waals surface area contributed by atoms with Crippen molar-refractivity contribution in [3.63, 3.8) is 0 Å². The third kappa shape index (κ3) is 26.0. The van der Waals surface area contributed by atoms with E-state index in [1.165, 1.54) is 96.3 Å². The predicted molar refractivity (Wildman–Crippen MR) is 150 cm³/mol. The zero-order valence-electron chi connectivity index (χ0n) is 24.3. The summed E-state index contributed by atoms with van der Waals surface area (Å²) in [6.07, 6.45) is 25.4. The monoisotopic (exact) mass is 512 g/mol. The lowest BCUT2D eigenvalue weighted by atomic mass is 9.96. The van der Waals surface area contributed by atoms with Crippen LogP contribution in [0.1, 0.15) is 155 Å². The molecule has 0 bridgehead atoms. The smallest absolute Gasteiger partial charge is 0.306 e. The summed E-state index contributed by atoms with van der Waals surface area (Å²) >= 11 is 0. The second kappa shape index (κ2) is 28.5. The first-order valence-electron chi connectivity index (χ1n) is 15.4. The van der Waals surface area contributed by atoms with Crippen molar-refractivity contribution < 1.29 is 23.8 Å². The Kier molecular flexibility index (Phi) is 27.6. The van der Waals surface area contributed by atoms with Crippen molar-refractivity contribution in [2.24, 2.45) is 5.92 Å². The zero-order valence-corrected chi connectivity index (χ0v) is 24.3. The maximum absolute atomic E-state index is 11.9. The third-order valence-electron chi connectivity index (χ3n) is 7.03. The van der Waals surface area contributed by atoms with Gasteiger partial charge >= 0.3 is 11.9 Å². The van der Waals surface area contributed by atoms with Gasteiger partial charge in [-0.3, -0.25) is 9.59 Å². The van der Waals surface area contributed by atoms with Crippen LogP contribution in [-0.4, -0.2) is 38.9 Å². The molecule has 0 amide bonds. The molecule has 0 rings (SSSR count). The first-order valence-corrected chi connectivity index (χ1v) is 15.4. The minimum atomic E-state index is -0.306. The fraction of sp³-hybridized carbons (Fsp3) is 0.935. The summed E-state index contributed by atoms with van der Waals surface area (Å²) in [4.78, 5) is 23.8. The molecule has 0 spiro atoms. The molecule has 0 aliphatic rings. The second-order valence-corrected chi connectivity index (χ2v) is 10.5. The number of carbonyl (C=O) groups excluding carboxylic acids is 2. The molecule has 5 nitrogen and oxygen atoms in total. The molecule has 1 atom stereocenters. The van der Waals surface area contributed by atoms with Gasteiger partial charge in [0.25, 0.3) is 0 Å². The van der Waals surface area contributed by atoms with Crippen molar-refractivity contribution in [3.05, 3.63) is 0 Å². The molecule has 0 saturated heterocycles. The molecule has 0 aliphatic carbocycles. The Balaban J connectivity index is 3.47. The van der Waals surface area contributed by atoms with Gasteiger partial charge in [0, 0.05) is 13.7 Å². The Morgan fingerprint density at radius 1 is 0.500 bits per heavy atom. The van der Waals surface area contributed by atoms with Crippen LogP contribution in [0.5, 0.6) is 0 Å². The number of rotatable bonds is 28. The van der Waals surface area contributed by atoms with E-state index in [0.717, 1.165) is 38.7 Å². The van der Waals surface area contributed by atoms with Crippen molar-refractivity contribution in [2.75, 3.05) is 26.9 Å². The normalized spacial score (nSPS) is 12.0. The van der Waals surface area contributed by atoms with E-state index in [9.17, 15) is 9.59 Å². The number of esters is 2. The maximum atomic E-state index is 11.9. The van der Waals surface area contributed by atoms with Crippen LogP contribution in [0.25, 0.3) is 0 Å². The van der Waals surface area contributed by atoms with Crippen molar-refractivity contribution >= 4 is 11.9 Å². The van der Waals surface area contributed by atoms with E-state index in [-0.39, 0.29) is 24.8 Å². The molecule has 0 heterocycles. The van der Waals surface area contributed by atoms with Gasteiger partial charge in [-0.2, -0.15) is 0 Å². The number of carbonyl (C=O) groups is 2. The van der Waals surface area contributed by atoms with Crippen LogP contribution in [-0.2, 0) is 23.8 Å². The summed E-state index contributed by atoms with van der Waals surface area (Å²) < 4.78 is 15.8. The van der Waals surface area contributed by atoms with E-state index < -0.39 is 0 Å². The summed E-state index contributed by atoms with van der Waals surface area (Å²) in [6.45, 7) is 6.09.